The Morgan fingerprint density at radius 3 is 2.90 bits per heavy atom. The van der Waals surface area contributed by atoms with Crippen LogP contribution in [0.1, 0.15) is 35.4 Å². The molecule has 0 N–H and O–H groups in total. The molecule has 0 fully saturated rings. The Morgan fingerprint density at radius 2 is 2.15 bits per heavy atom. The van der Waals surface area contributed by atoms with Gasteiger partial charge in [-0.1, -0.05) is 0 Å². The van der Waals surface area contributed by atoms with Crippen LogP contribution >= 0.6 is 0 Å². The molecule has 3 heterocycles. The van der Waals surface area contributed by atoms with Crippen LogP contribution in [0.4, 0.5) is 0 Å². The number of hydrogen-bond acceptors (Lipinski definition) is 4. The van der Waals surface area contributed by atoms with Crippen molar-refractivity contribution in [3.63, 3.8) is 0 Å². The highest BCUT2D eigenvalue weighted by Crippen LogP contribution is 2.27. The summed E-state index contributed by atoms with van der Waals surface area (Å²) in [6, 6.07) is 5.70. The summed E-state index contributed by atoms with van der Waals surface area (Å²) >= 11 is 0. The van der Waals surface area contributed by atoms with Crippen molar-refractivity contribution in [1.29, 1.82) is 5.26 Å². The van der Waals surface area contributed by atoms with Crippen molar-refractivity contribution in [3.05, 3.63) is 35.9 Å². The summed E-state index contributed by atoms with van der Waals surface area (Å²) in [4.78, 5) is 20.6. The van der Waals surface area contributed by atoms with Gasteiger partial charge in [0.15, 0.2) is 5.78 Å². The average Bonchev–Trinajstić information content (AvgIpc) is 2.88. The quantitative estimate of drug-likeness (QED) is 0.799. The molecular weight excluding hydrogens is 252 g/mol. The lowest BCUT2D eigenvalue weighted by Crippen LogP contribution is -2.13. The maximum absolute atomic E-state index is 12.1. The molecule has 0 bridgehead atoms. The minimum Gasteiger partial charge on any atom is -0.327 e. The van der Waals surface area contributed by atoms with E-state index in [1.807, 2.05) is 18.2 Å². The van der Waals surface area contributed by atoms with Gasteiger partial charge in [-0.15, -0.1) is 0 Å². The SMILES string of the molecule is N#CCC(=O)c1nc(-c2ccncc2)n2c1CCCC2. The molecule has 20 heavy (non-hydrogen) atoms. The lowest BCUT2D eigenvalue weighted by atomic mass is 10.1. The number of nitrogens with zero attached hydrogens (tertiary/aromatic N) is 4. The van der Waals surface area contributed by atoms with Crippen LogP contribution in [0.25, 0.3) is 11.4 Å². The van der Waals surface area contributed by atoms with E-state index in [0.29, 0.717) is 5.69 Å². The minimum absolute atomic E-state index is 0.111. The highest BCUT2D eigenvalue weighted by atomic mass is 16.1. The molecule has 0 atom stereocenters. The van der Waals surface area contributed by atoms with Crippen molar-refractivity contribution in [1.82, 2.24) is 14.5 Å². The fourth-order valence-electron chi connectivity index (χ4n) is 2.64. The lowest BCUT2D eigenvalue weighted by Gasteiger charge is -2.17. The molecule has 0 saturated carbocycles. The van der Waals surface area contributed by atoms with Gasteiger partial charge in [0.1, 0.15) is 17.9 Å². The number of ketones is 1. The first kappa shape index (κ1) is 12.5. The molecule has 1 aliphatic rings. The van der Waals surface area contributed by atoms with Crippen LogP contribution in [0.3, 0.4) is 0 Å². The standard InChI is InChI=1S/C15H14N4O/c16-7-4-13(20)14-12-3-1-2-10-19(12)15(18-14)11-5-8-17-9-6-11/h5-6,8-9H,1-4,10H2. The Morgan fingerprint density at radius 1 is 1.35 bits per heavy atom. The fourth-order valence-corrected chi connectivity index (χ4v) is 2.64. The van der Waals surface area contributed by atoms with Crippen LogP contribution in [0.5, 0.6) is 0 Å². The number of carbonyl (C=O) groups is 1. The molecule has 5 heteroatoms. The number of rotatable bonds is 3. The number of pyridine rings is 1. The number of imidazole rings is 1. The van der Waals surface area contributed by atoms with E-state index in [1.165, 1.54) is 0 Å². The molecule has 1 aliphatic heterocycles. The van der Waals surface area contributed by atoms with Crippen molar-refractivity contribution in [2.45, 2.75) is 32.2 Å². The molecule has 2 aromatic rings. The highest BCUT2D eigenvalue weighted by molar-refractivity contribution is 5.97. The third-order valence-electron chi connectivity index (χ3n) is 3.56. The van der Waals surface area contributed by atoms with Crippen molar-refractivity contribution in [2.75, 3.05) is 0 Å². The molecule has 0 aromatic carbocycles. The van der Waals surface area contributed by atoms with Gasteiger partial charge in [-0.2, -0.15) is 5.26 Å². The molecule has 0 radical (unpaired) electrons. The summed E-state index contributed by atoms with van der Waals surface area (Å²) in [5, 5.41) is 8.71. The maximum Gasteiger partial charge on any atom is 0.197 e. The van der Waals surface area contributed by atoms with E-state index in [4.69, 9.17) is 5.26 Å². The second-order valence-corrected chi connectivity index (χ2v) is 4.83. The summed E-state index contributed by atoms with van der Waals surface area (Å²) in [5.41, 5.74) is 2.40. The van der Waals surface area contributed by atoms with Crippen molar-refractivity contribution >= 4 is 5.78 Å². The predicted octanol–water partition coefficient (Wildman–Crippen LogP) is 2.38. The number of carbonyl (C=O) groups excluding carboxylic acids is 1. The van der Waals surface area contributed by atoms with Crippen LogP contribution in [0, 0.1) is 11.3 Å². The molecule has 100 valence electrons. The second-order valence-electron chi connectivity index (χ2n) is 4.83. The molecule has 0 aliphatic carbocycles. The topological polar surface area (TPSA) is 71.6 Å². The average molecular weight is 266 g/mol. The van der Waals surface area contributed by atoms with Crippen LogP contribution in [-0.2, 0) is 13.0 Å². The number of fused-ring (bicyclic) bond motifs is 1. The zero-order valence-electron chi connectivity index (χ0n) is 11.0. The van der Waals surface area contributed by atoms with Gasteiger partial charge in [0.05, 0.1) is 6.07 Å². The van der Waals surface area contributed by atoms with Gasteiger partial charge in [0.25, 0.3) is 0 Å². The van der Waals surface area contributed by atoms with Gasteiger partial charge in [-0.3, -0.25) is 9.78 Å². The summed E-state index contributed by atoms with van der Waals surface area (Å²) in [6.45, 7) is 0.875. The number of aromatic nitrogens is 3. The molecular formula is C15H14N4O. The summed E-state index contributed by atoms with van der Waals surface area (Å²) in [6.07, 6.45) is 6.33. The zero-order valence-corrected chi connectivity index (χ0v) is 11.0. The zero-order chi connectivity index (χ0) is 13.9. The largest absolute Gasteiger partial charge is 0.327 e. The number of nitriles is 1. The molecule has 5 nitrogen and oxygen atoms in total. The highest BCUT2D eigenvalue weighted by Gasteiger charge is 2.24. The predicted molar refractivity (Wildman–Crippen MR) is 73.0 cm³/mol. The van der Waals surface area contributed by atoms with E-state index in [9.17, 15) is 4.79 Å². The van der Waals surface area contributed by atoms with Crippen LogP contribution in [0.2, 0.25) is 0 Å². The normalized spacial score (nSPS) is 13.6. The van der Waals surface area contributed by atoms with Crippen LogP contribution in [-0.4, -0.2) is 20.3 Å². The van der Waals surface area contributed by atoms with Crippen molar-refractivity contribution in [3.8, 4) is 17.5 Å². The summed E-state index contributed by atoms with van der Waals surface area (Å²) < 4.78 is 2.11. The summed E-state index contributed by atoms with van der Waals surface area (Å²) in [5.74, 6) is 0.627. The minimum atomic E-state index is -0.182. The molecule has 3 rings (SSSR count). The Kier molecular flexibility index (Phi) is 3.30. The summed E-state index contributed by atoms with van der Waals surface area (Å²) in [7, 11) is 0. The smallest absolute Gasteiger partial charge is 0.197 e. The van der Waals surface area contributed by atoms with E-state index >= 15 is 0 Å². The maximum atomic E-state index is 12.1. The number of Topliss-reactive ketones (excluding diaryl/α,β-unsaturated/α-hetero) is 1. The lowest BCUT2D eigenvalue weighted by molar-refractivity contribution is 0.0992. The Bertz CT molecular complexity index is 682. The molecule has 0 amide bonds. The molecule has 2 aromatic heterocycles. The Balaban J connectivity index is 2.12. The van der Waals surface area contributed by atoms with Gasteiger partial charge in [0, 0.05) is 30.2 Å². The fraction of sp³-hybridized carbons (Fsp3) is 0.333. The van der Waals surface area contributed by atoms with Crippen LogP contribution < -0.4 is 0 Å². The van der Waals surface area contributed by atoms with E-state index < -0.39 is 0 Å². The first-order valence-electron chi connectivity index (χ1n) is 6.71. The molecule has 0 spiro atoms. The van der Waals surface area contributed by atoms with E-state index in [0.717, 1.165) is 42.9 Å². The van der Waals surface area contributed by atoms with Gasteiger partial charge in [-0.25, -0.2) is 4.98 Å². The second kappa shape index (κ2) is 5.25. The van der Waals surface area contributed by atoms with E-state index in [2.05, 4.69) is 14.5 Å². The van der Waals surface area contributed by atoms with Crippen molar-refractivity contribution < 1.29 is 4.79 Å². The third-order valence-corrected chi connectivity index (χ3v) is 3.56. The number of hydrogen-bond donors (Lipinski definition) is 0. The van der Waals surface area contributed by atoms with Crippen molar-refractivity contribution in [2.24, 2.45) is 0 Å². The van der Waals surface area contributed by atoms with E-state index in [-0.39, 0.29) is 12.2 Å². The van der Waals surface area contributed by atoms with Crippen LogP contribution in [0.15, 0.2) is 24.5 Å². The Labute approximate surface area is 116 Å². The third kappa shape index (κ3) is 2.10. The molecule has 0 unspecified atom stereocenters. The first-order valence-corrected chi connectivity index (χ1v) is 6.71. The van der Waals surface area contributed by atoms with E-state index in [1.54, 1.807) is 12.4 Å². The Hall–Kier alpha value is -2.48. The van der Waals surface area contributed by atoms with Gasteiger partial charge in [0.2, 0.25) is 0 Å². The van der Waals surface area contributed by atoms with Gasteiger partial charge < -0.3 is 4.57 Å². The molecule has 0 saturated heterocycles. The van der Waals surface area contributed by atoms with Gasteiger partial charge >= 0.3 is 0 Å². The monoisotopic (exact) mass is 266 g/mol. The van der Waals surface area contributed by atoms with Gasteiger partial charge in [-0.05, 0) is 31.4 Å². The first-order chi connectivity index (χ1) is 9.81.